The molecule has 2 heterocycles. The van der Waals surface area contributed by atoms with Crippen molar-refractivity contribution in [2.45, 2.75) is 31.8 Å². The van der Waals surface area contributed by atoms with Crippen molar-refractivity contribution in [3.8, 4) is 5.75 Å². The van der Waals surface area contributed by atoms with Crippen LogP contribution in [0.2, 0.25) is 0 Å². The highest BCUT2D eigenvalue weighted by molar-refractivity contribution is 5.84. The number of piperidine rings is 2. The van der Waals surface area contributed by atoms with Crippen LogP contribution in [0.3, 0.4) is 0 Å². The Hall–Kier alpha value is -2.08. The summed E-state index contributed by atoms with van der Waals surface area (Å²) in [6.07, 6.45) is 2.56. The molecule has 6 heteroatoms. The fourth-order valence-corrected chi connectivity index (χ4v) is 4.26. The molecule has 2 fully saturated rings. The average Bonchev–Trinajstić information content (AvgIpc) is 2.66. The van der Waals surface area contributed by atoms with Gasteiger partial charge in [0.05, 0.1) is 25.0 Å². The SMILES string of the molecule is COc1ccccc1CC(=O)N1CCC2(CC1)CC(OC)CN(C)C2=O. The van der Waals surface area contributed by atoms with Gasteiger partial charge in [-0.3, -0.25) is 9.59 Å². The first-order valence-corrected chi connectivity index (χ1v) is 9.17. The number of carbonyl (C=O) groups excluding carboxylic acids is 2. The van der Waals surface area contributed by atoms with Crippen molar-refractivity contribution < 1.29 is 19.1 Å². The van der Waals surface area contributed by atoms with E-state index in [-0.39, 0.29) is 23.3 Å². The van der Waals surface area contributed by atoms with Crippen molar-refractivity contribution in [2.24, 2.45) is 5.41 Å². The zero-order valence-corrected chi connectivity index (χ0v) is 15.9. The Labute approximate surface area is 155 Å². The first kappa shape index (κ1) is 18.7. The van der Waals surface area contributed by atoms with Crippen LogP contribution in [0.15, 0.2) is 24.3 Å². The topological polar surface area (TPSA) is 59.1 Å². The summed E-state index contributed by atoms with van der Waals surface area (Å²) in [4.78, 5) is 29.1. The van der Waals surface area contributed by atoms with Gasteiger partial charge >= 0.3 is 0 Å². The van der Waals surface area contributed by atoms with E-state index in [4.69, 9.17) is 9.47 Å². The minimum absolute atomic E-state index is 0.0773. The lowest BCUT2D eigenvalue weighted by Gasteiger charge is -2.47. The molecule has 0 bridgehead atoms. The van der Waals surface area contributed by atoms with Crippen LogP contribution in [0, 0.1) is 5.41 Å². The largest absolute Gasteiger partial charge is 0.496 e. The molecule has 2 saturated heterocycles. The number of ether oxygens (including phenoxy) is 2. The monoisotopic (exact) mass is 360 g/mol. The maximum atomic E-state index is 12.8. The summed E-state index contributed by atoms with van der Waals surface area (Å²) in [7, 11) is 5.16. The molecule has 0 N–H and O–H groups in total. The van der Waals surface area contributed by atoms with E-state index >= 15 is 0 Å². The molecule has 1 spiro atoms. The molecule has 1 aromatic carbocycles. The Bertz CT molecular complexity index is 668. The number of para-hydroxylation sites is 1. The molecule has 1 aromatic rings. The molecular formula is C20H28N2O4. The van der Waals surface area contributed by atoms with Gasteiger partial charge in [-0.2, -0.15) is 0 Å². The van der Waals surface area contributed by atoms with E-state index in [0.29, 0.717) is 38.9 Å². The third-order valence-electron chi connectivity index (χ3n) is 5.84. The molecule has 0 aromatic heterocycles. The number of hydrogen-bond acceptors (Lipinski definition) is 4. The minimum atomic E-state index is -0.380. The summed E-state index contributed by atoms with van der Waals surface area (Å²) >= 11 is 0. The van der Waals surface area contributed by atoms with Gasteiger partial charge in [0.25, 0.3) is 0 Å². The first-order chi connectivity index (χ1) is 12.5. The molecule has 0 aliphatic carbocycles. The average molecular weight is 360 g/mol. The van der Waals surface area contributed by atoms with Gasteiger partial charge in [-0.1, -0.05) is 18.2 Å². The standard InChI is InChI=1S/C20H28N2O4/c1-21-14-16(25-2)13-20(19(21)24)8-10-22(11-9-20)18(23)12-15-6-4-5-7-17(15)26-3/h4-7,16H,8-14H2,1-3H3. The van der Waals surface area contributed by atoms with Crippen LogP contribution < -0.4 is 4.74 Å². The molecule has 26 heavy (non-hydrogen) atoms. The minimum Gasteiger partial charge on any atom is -0.496 e. The smallest absolute Gasteiger partial charge is 0.228 e. The van der Waals surface area contributed by atoms with Gasteiger partial charge < -0.3 is 19.3 Å². The molecule has 0 saturated carbocycles. The Morgan fingerprint density at radius 1 is 1.23 bits per heavy atom. The van der Waals surface area contributed by atoms with Crippen LogP contribution in [0.1, 0.15) is 24.8 Å². The van der Waals surface area contributed by atoms with Crippen LogP contribution in [0.4, 0.5) is 0 Å². The Morgan fingerprint density at radius 3 is 2.58 bits per heavy atom. The number of benzene rings is 1. The summed E-state index contributed by atoms with van der Waals surface area (Å²) in [5.41, 5.74) is 0.516. The molecule has 2 amide bonds. The summed E-state index contributed by atoms with van der Waals surface area (Å²) in [6.45, 7) is 1.88. The fraction of sp³-hybridized carbons (Fsp3) is 0.600. The molecule has 0 radical (unpaired) electrons. The zero-order chi connectivity index (χ0) is 18.7. The van der Waals surface area contributed by atoms with E-state index in [2.05, 4.69) is 0 Å². The van der Waals surface area contributed by atoms with E-state index in [9.17, 15) is 9.59 Å². The van der Waals surface area contributed by atoms with Crippen LogP contribution in [-0.2, 0) is 20.7 Å². The van der Waals surface area contributed by atoms with E-state index in [1.54, 1.807) is 19.1 Å². The third kappa shape index (κ3) is 3.56. The van der Waals surface area contributed by atoms with E-state index < -0.39 is 0 Å². The maximum absolute atomic E-state index is 12.8. The summed E-state index contributed by atoms with van der Waals surface area (Å²) < 4.78 is 10.9. The number of methoxy groups -OCH3 is 2. The quantitative estimate of drug-likeness (QED) is 0.820. The van der Waals surface area contributed by atoms with Crippen LogP contribution >= 0.6 is 0 Å². The molecule has 2 aliphatic heterocycles. The van der Waals surface area contributed by atoms with Crippen molar-refractivity contribution in [3.05, 3.63) is 29.8 Å². The number of rotatable bonds is 4. The highest BCUT2D eigenvalue weighted by Gasteiger charge is 2.48. The molecule has 1 atom stereocenters. The number of amides is 2. The maximum Gasteiger partial charge on any atom is 0.228 e. The van der Waals surface area contributed by atoms with Crippen molar-refractivity contribution in [2.75, 3.05) is 40.9 Å². The number of hydrogen-bond donors (Lipinski definition) is 0. The predicted molar refractivity (Wildman–Crippen MR) is 98.0 cm³/mol. The predicted octanol–water partition coefficient (Wildman–Crippen LogP) is 1.72. The highest BCUT2D eigenvalue weighted by Crippen LogP contribution is 2.41. The first-order valence-electron chi connectivity index (χ1n) is 9.17. The molecule has 6 nitrogen and oxygen atoms in total. The Kier molecular flexibility index (Phi) is 5.51. The van der Waals surface area contributed by atoms with Crippen LogP contribution in [0.5, 0.6) is 5.75 Å². The Balaban J connectivity index is 1.64. The summed E-state index contributed by atoms with van der Waals surface area (Å²) in [6, 6.07) is 7.60. The van der Waals surface area contributed by atoms with Gasteiger partial charge in [-0.05, 0) is 25.3 Å². The van der Waals surface area contributed by atoms with E-state index in [1.807, 2.05) is 36.2 Å². The molecule has 3 rings (SSSR count). The molecular weight excluding hydrogens is 332 g/mol. The summed E-state index contributed by atoms with van der Waals surface area (Å²) in [5, 5.41) is 0. The molecule has 2 aliphatic rings. The summed E-state index contributed by atoms with van der Waals surface area (Å²) in [5.74, 6) is 1.02. The van der Waals surface area contributed by atoms with Gasteiger partial charge in [0.15, 0.2) is 0 Å². The lowest BCUT2D eigenvalue weighted by atomic mass is 9.71. The van der Waals surface area contributed by atoms with Gasteiger partial charge in [0.2, 0.25) is 11.8 Å². The van der Waals surface area contributed by atoms with Crippen LogP contribution in [0.25, 0.3) is 0 Å². The van der Waals surface area contributed by atoms with E-state index in [0.717, 1.165) is 17.7 Å². The number of nitrogens with zero attached hydrogens (tertiary/aromatic N) is 2. The second-order valence-electron chi connectivity index (χ2n) is 7.40. The fourth-order valence-electron chi connectivity index (χ4n) is 4.26. The number of carbonyl (C=O) groups is 2. The highest BCUT2D eigenvalue weighted by atomic mass is 16.5. The lowest BCUT2D eigenvalue weighted by molar-refractivity contribution is -0.158. The second-order valence-corrected chi connectivity index (χ2v) is 7.40. The van der Waals surface area contributed by atoms with Gasteiger partial charge in [-0.15, -0.1) is 0 Å². The van der Waals surface area contributed by atoms with Crippen LogP contribution in [-0.4, -0.2) is 68.6 Å². The van der Waals surface area contributed by atoms with Crippen molar-refractivity contribution in [1.82, 2.24) is 9.80 Å². The van der Waals surface area contributed by atoms with Gasteiger partial charge in [0.1, 0.15) is 5.75 Å². The zero-order valence-electron chi connectivity index (χ0n) is 15.9. The lowest BCUT2D eigenvalue weighted by Crippen LogP contribution is -2.57. The molecule has 142 valence electrons. The van der Waals surface area contributed by atoms with Crippen molar-refractivity contribution in [3.63, 3.8) is 0 Å². The molecule has 1 unspecified atom stereocenters. The Morgan fingerprint density at radius 2 is 1.92 bits per heavy atom. The van der Waals surface area contributed by atoms with Crippen molar-refractivity contribution >= 4 is 11.8 Å². The van der Waals surface area contributed by atoms with Gasteiger partial charge in [0, 0.05) is 39.4 Å². The number of likely N-dealkylation sites (N-methyl/N-ethyl adjacent to an activating group) is 1. The van der Waals surface area contributed by atoms with E-state index in [1.165, 1.54) is 0 Å². The van der Waals surface area contributed by atoms with Gasteiger partial charge in [-0.25, -0.2) is 0 Å². The number of likely N-dealkylation sites (tertiary alicyclic amines) is 2. The second kappa shape index (κ2) is 7.66. The third-order valence-corrected chi connectivity index (χ3v) is 5.84. The van der Waals surface area contributed by atoms with Crippen molar-refractivity contribution in [1.29, 1.82) is 0 Å². The normalized spacial score (nSPS) is 22.6.